The van der Waals surface area contributed by atoms with Crippen LogP contribution >= 0.6 is 0 Å². The highest BCUT2D eigenvalue weighted by molar-refractivity contribution is 7.89. The van der Waals surface area contributed by atoms with Gasteiger partial charge in [-0.05, 0) is 41.8 Å². The lowest BCUT2D eigenvalue weighted by Crippen LogP contribution is -2.48. The number of sulfonamides is 1. The number of hydrogen-bond donors (Lipinski definition) is 1. The first kappa shape index (κ1) is 18.5. The summed E-state index contributed by atoms with van der Waals surface area (Å²) >= 11 is 0. The van der Waals surface area contributed by atoms with Crippen molar-refractivity contribution in [2.75, 3.05) is 5.32 Å². The smallest absolute Gasteiger partial charge is 0.244 e. The quantitative estimate of drug-likeness (QED) is 0.890. The van der Waals surface area contributed by atoms with Gasteiger partial charge in [0.05, 0.1) is 4.90 Å². The van der Waals surface area contributed by atoms with E-state index < -0.39 is 21.9 Å². The molecule has 7 heteroatoms. The van der Waals surface area contributed by atoms with Crippen molar-refractivity contribution < 1.29 is 17.6 Å². The van der Waals surface area contributed by atoms with E-state index in [0.29, 0.717) is 12.1 Å². The second-order valence-corrected chi connectivity index (χ2v) is 8.37. The Hall–Kier alpha value is -2.25. The summed E-state index contributed by atoms with van der Waals surface area (Å²) in [5.74, 6) is -1.05. The molecule has 1 aliphatic heterocycles. The Morgan fingerprint density at radius 3 is 2.50 bits per heavy atom. The number of fused-ring (bicyclic) bond motifs is 1. The molecule has 0 spiro atoms. The van der Waals surface area contributed by atoms with E-state index in [4.69, 9.17) is 0 Å². The lowest BCUT2D eigenvalue weighted by Gasteiger charge is -2.31. The Labute approximate surface area is 152 Å². The Kier molecular flexibility index (Phi) is 5.11. The van der Waals surface area contributed by atoms with Crippen LogP contribution < -0.4 is 5.32 Å². The summed E-state index contributed by atoms with van der Waals surface area (Å²) in [6.07, 6.45) is 0.643. The number of rotatable bonds is 4. The van der Waals surface area contributed by atoms with Gasteiger partial charge < -0.3 is 5.32 Å². The molecular weight excluding hydrogens is 355 g/mol. The van der Waals surface area contributed by atoms with Gasteiger partial charge in [-0.2, -0.15) is 4.31 Å². The van der Waals surface area contributed by atoms with Crippen molar-refractivity contribution in [3.05, 3.63) is 59.9 Å². The summed E-state index contributed by atoms with van der Waals surface area (Å²) in [4.78, 5) is 12.8. The fourth-order valence-corrected chi connectivity index (χ4v) is 4.79. The lowest BCUT2D eigenvalue weighted by molar-refractivity contribution is -0.121. The van der Waals surface area contributed by atoms with E-state index in [1.54, 1.807) is 24.3 Å². The number of anilines is 1. The number of benzene rings is 2. The van der Waals surface area contributed by atoms with Crippen molar-refractivity contribution >= 4 is 21.6 Å². The highest BCUT2D eigenvalue weighted by Gasteiger charge is 2.41. The SMILES string of the molecule is CCC(C)C1C(=O)Nc2ccccc2CN1S(=O)(=O)c1ccc(F)cc1. The normalized spacial score (nSPS) is 19.3. The largest absolute Gasteiger partial charge is 0.324 e. The number of amides is 1. The van der Waals surface area contributed by atoms with E-state index in [-0.39, 0.29) is 23.3 Å². The van der Waals surface area contributed by atoms with Crippen LogP contribution in [0, 0.1) is 11.7 Å². The van der Waals surface area contributed by atoms with Gasteiger partial charge in [-0.25, -0.2) is 12.8 Å². The first-order chi connectivity index (χ1) is 12.3. The predicted octanol–water partition coefficient (Wildman–Crippen LogP) is 3.38. The van der Waals surface area contributed by atoms with Gasteiger partial charge in [-0.3, -0.25) is 4.79 Å². The zero-order valence-electron chi connectivity index (χ0n) is 14.6. The molecule has 1 aliphatic rings. The number of carbonyl (C=O) groups excluding carboxylic acids is 1. The fourth-order valence-electron chi connectivity index (χ4n) is 3.13. The van der Waals surface area contributed by atoms with Crippen LogP contribution in [0.3, 0.4) is 0 Å². The van der Waals surface area contributed by atoms with Gasteiger partial charge in [0.25, 0.3) is 0 Å². The molecule has 0 radical (unpaired) electrons. The molecule has 1 N–H and O–H groups in total. The standard InChI is InChI=1S/C19H21FN2O3S/c1-3-13(2)18-19(23)21-17-7-5-4-6-14(17)12-22(18)26(24,25)16-10-8-15(20)9-11-16/h4-11,13,18H,3,12H2,1-2H3,(H,21,23). The Morgan fingerprint density at radius 1 is 1.19 bits per heavy atom. The Morgan fingerprint density at radius 2 is 1.85 bits per heavy atom. The topological polar surface area (TPSA) is 66.5 Å². The molecule has 0 aliphatic carbocycles. The minimum Gasteiger partial charge on any atom is -0.324 e. The maximum absolute atomic E-state index is 13.3. The van der Waals surface area contributed by atoms with Gasteiger partial charge in [0.15, 0.2) is 0 Å². The lowest BCUT2D eigenvalue weighted by atomic mass is 9.98. The minimum atomic E-state index is -3.98. The summed E-state index contributed by atoms with van der Waals surface area (Å²) in [5, 5.41) is 2.85. The molecular formula is C19H21FN2O3S. The summed E-state index contributed by atoms with van der Waals surface area (Å²) in [6, 6.07) is 11.0. The van der Waals surface area contributed by atoms with Crippen molar-refractivity contribution in [3.63, 3.8) is 0 Å². The molecule has 0 saturated carbocycles. The van der Waals surface area contributed by atoms with Crippen LogP contribution in [-0.2, 0) is 21.4 Å². The molecule has 2 atom stereocenters. The molecule has 3 rings (SSSR count). The maximum Gasteiger partial charge on any atom is 0.244 e. The van der Waals surface area contributed by atoms with Crippen LogP contribution in [0.4, 0.5) is 10.1 Å². The number of para-hydroxylation sites is 1. The molecule has 0 saturated heterocycles. The first-order valence-electron chi connectivity index (χ1n) is 8.50. The molecule has 2 aromatic rings. The molecule has 2 aromatic carbocycles. The molecule has 5 nitrogen and oxygen atoms in total. The third-order valence-electron chi connectivity index (χ3n) is 4.78. The fraction of sp³-hybridized carbons (Fsp3) is 0.316. The summed E-state index contributed by atoms with van der Waals surface area (Å²) in [6.45, 7) is 3.84. The van der Waals surface area contributed by atoms with Gasteiger partial charge in [0, 0.05) is 12.2 Å². The van der Waals surface area contributed by atoms with Crippen molar-refractivity contribution in [3.8, 4) is 0 Å². The van der Waals surface area contributed by atoms with Crippen LogP contribution in [0.5, 0.6) is 0 Å². The summed E-state index contributed by atoms with van der Waals surface area (Å²) < 4.78 is 41.0. The third kappa shape index (κ3) is 3.37. The van der Waals surface area contributed by atoms with Crippen LogP contribution in [-0.4, -0.2) is 24.7 Å². The van der Waals surface area contributed by atoms with Crippen LogP contribution in [0.1, 0.15) is 25.8 Å². The van der Waals surface area contributed by atoms with E-state index in [2.05, 4.69) is 5.32 Å². The van der Waals surface area contributed by atoms with Gasteiger partial charge in [-0.1, -0.05) is 38.5 Å². The maximum atomic E-state index is 13.3. The van der Waals surface area contributed by atoms with Crippen LogP contribution in [0.25, 0.3) is 0 Å². The number of carbonyl (C=O) groups is 1. The molecule has 138 valence electrons. The van der Waals surface area contributed by atoms with Crippen molar-refractivity contribution in [2.45, 2.75) is 37.8 Å². The molecule has 1 amide bonds. The molecule has 2 unspecified atom stereocenters. The van der Waals surface area contributed by atoms with E-state index >= 15 is 0 Å². The second kappa shape index (κ2) is 7.17. The van der Waals surface area contributed by atoms with Gasteiger partial charge in [0.2, 0.25) is 15.9 Å². The first-order valence-corrected chi connectivity index (χ1v) is 9.94. The average molecular weight is 376 g/mol. The van der Waals surface area contributed by atoms with Crippen LogP contribution in [0.15, 0.2) is 53.4 Å². The van der Waals surface area contributed by atoms with Crippen molar-refractivity contribution in [1.29, 1.82) is 0 Å². The Bertz CT molecular complexity index is 913. The number of hydrogen-bond acceptors (Lipinski definition) is 3. The summed E-state index contributed by atoms with van der Waals surface area (Å²) in [5.41, 5.74) is 1.33. The molecule has 1 heterocycles. The highest BCUT2D eigenvalue weighted by atomic mass is 32.2. The van der Waals surface area contributed by atoms with E-state index in [0.717, 1.165) is 17.7 Å². The van der Waals surface area contributed by atoms with E-state index in [9.17, 15) is 17.6 Å². The number of halogens is 1. The molecule has 0 bridgehead atoms. The zero-order chi connectivity index (χ0) is 18.9. The third-order valence-corrected chi connectivity index (χ3v) is 6.63. The Balaban J connectivity index is 2.13. The van der Waals surface area contributed by atoms with Crippen molar-refractivity contribution in [1.82, 2.24) is 4.31 Å². The zero-order valence-corrected chi connectivity index (χ0v) is 15.5. The minimum absolute atomic E-state index is 0.0283. The average Bonchev–Trinajstić information content (AvgIpc) is 2.77. The molecule has 0 fully saturated rings. The van der Waals surface area contributed by atoms with Gasteiger partial charge in [-0.15, -0.1) is 0 Å². The van der Waals surface area contributed by atoms with Crippen molar-refractivity contribution in [2.24, 2.45) is 5.92 Å². The van der Waals surface area contributed by atoms with E-state index in [1.807, 2.05) is 13.8 Å². The monoisotopic (exact) mass is 376 g/mol. The van der Waals surface area contributed by atoms with Gasteiger partial charge in [0.1, 0.15) is 11.9 Å². The predicted molar refractivity (Wildman–Crippen MR) is 97.4 cm³/mol. The van der Waals surface area contributed by atoms with Crippen LogP contribution in [0.2, 0.25) is 0 Å². The second-order valence-electron chi connectivity index (χ2n) is 6.48. The number of nitrogens with zero attached hydrogens (tertiary/aromatic N) is 1. The molecule has 26 heavy (non-hydrogen) atoms. The van der Waals surface area contributed by atoms with E-state index in [1.165, 1.54) is 16.4 Å². The molecule has 0 aromatic heterocycles. The highest BCUT2D eigenvalue weighted by Crippen LogP contribution is 2.31. The summed E-state index contributed by atoms with van der Waals surface area (Å²) in [7, 11) is -3.98. The van der Waals surface area contributed by atoms with Gasteiger partial charge >= 0.3 is 0 Å². The number of nitrogens with one attached hydrogen (secondary N) is 1.